The molecule has 1 heterocycles. The van der Waals surface area contributed by atoms with E-state index in [1.54, 1.807) is 6.07 Å². The van der Waals surface area contributed by atoms with Crippen molar-refractivity contribution >= 4 is 23.4 Å². The maximum absolute atomic E-state index is 12.2. The van der Waals surface area contributed by atoms with Crippen LogP contribution in [0.15, 0.2) is 42.6 Å². The lowest BCUT2D eigenvalue weighted by molar-refractivity contribution is 0.0938. The molecule has 0 aliphatic rings. The summed E-state index contributed by atoms with van der Waals surface area (Å²) in [4.78, 5) is 28.1. The number of rotatable bonds is 6. The fraction of sp³-hybridized carbons (Fsp3) is 0.278. The second kappa shape index (κ2) is 8.45. The second-order valence-electron chi connectivity index (χ2n) is 5.69. The van der Waals surface area contributed by atoms with Crippen LogP contribution in [-0.2, 0) is 6.42 Å². The molecule has 1 aromatic heterocycles. The minimum Gasteiger partial charge on any atom is -0.352 e. The van der Waals surface area contributed by atoms with Crippen molar-refractivity contribution in [1.29, 1.82) is 0 Å². The van der Waals surface area contributed by atoms with Gasteiger partial charge in [-0.15, -0.1) is 0 Å². The Morgan fingerprint density at radius 3 is 2.50 bits per heavy atom. The van der Waals surface area contributed by atoms with Crippen LogP contribution < -0.4 is 10.6 Å². The average molecular weight is 346 g/mol. The van der Waals surface area contributed by atoms with Gasteiger partial charge < -0.3 is 10.6 Å². The van der Waals surface area contributed by atoms with E-state index in [1.807, 2.05) is 38.1 Å². The number of nitrogens with zero attached hydrogens (tertiary/aromatic N) is 1. The summed E-state index contributed by atoms with van der Waals surface area (Å²) in [6.45, 7) is 4.23. The highest BCUT2D eigenvalue weighted by Gasteiger charge is 2.12. The minimum atomic E-state index is -0.291. The molecule has 0 bridgehead atoms. The lowest BCUT2D eigenvalue weighted by Crippen LogP contribution is -2.31. The Kier molecular flexibility index (Phi) is 6.32. The summed E-state index contributed by atoms with van der Waals surface area (Å²) in [5, 5.41) is 6.27. The van der Waals surface area contributed by atoms with Crippen molar-refractivity contribution in [2.75, 3.05) is 6.54 Å². The summed E-state index contributed by atoms with van der Waals surface area (Å²) in [7, 11) is 0. The number of carbonyl (C=O) groups excluding carboxylic acids is 2. The number of halogens is 1. The molecule has 2 N–H and O–H groups in total. The van der Waals surface area contributed by atoms with E-state index in [2.05, 4.69) is 15.6 Å². The van der Waals surface area contributed by atoms with Crippen molar-refractivity contribution in [3.05, 3.63) is 64.4 Å². The van der Waals surface area contributed by atoms with Gasteiger partial charge in [0.1, 0.15) is 5.69 Å². The molecule has 0 saturated heterocycles. The molecule has 2 aromatic rings. The molecule has 126 valence electrons. The first-order valence-corrected chi connectivity index (χ1v) is 8.13. The highest BCUT2D eigenvalue weighted by molar-refractivity contribution is 6.30. The highest BCUT2D eigenvalue weighted by atomic mass is 35.5. The Bertz CT molecular complexity index is 714. The van der Waals surface area contributed by atoms with Gasteiger partial charge in [-0.25, -0.2) is 0 Å². The third kappa shape index (κ3) is 5.35. The van der Waals surface area contributed by atoms with Crippen molar-refractivity contribution < 1.29 is 9.59 Å². The molecule has 6 heteroatoms. The van der Waals surface area contributed by atoms with E-state index >= 15 is 0 Å². The highest BCUT2D eigenvalue weighted by Crippen LogP contribution is 2.09. The van der Waals surface area contributed by atoms with E-state index in [-0.39, 0.29) is 23.6 Å². The fourth-order valence-electron chi connectivity index (χ4n) is 2.11. The number of hydrogen-bond acceptors (Lipinski definition) is 3. The molecule has 0 aliphatic heterocycles. The van der Waals surface area contributed by atoms with Gasteiger partial charge in [-0.05, 0) is 50.1 Å². The Hall–Kier alpha value is -2.40. The van der Waals surface area contributed by atoms with Crippen molar-refractivity contribution in [1.82, 2.24) is 15.6 Å². The molecular weight excluding hydrogens is 326 g/mol. The normalized spacial score (nSPS) is 10.5. The molecule has 2 amide bonds. The second-order valence-corrected chi connectivity index (χ2v) is 6.13. The predicted molar refractivity (Wildman–Crippen MR) is 94.3 cm³/mol. The molecule has 0 unspecified atom stereocenters. The summed E-state index contributed by atoms with van der Waals surface area (Å²) < 4.78 is 0. The van der Waals surface area contributed by atoms with E-state index in [0.29, 0.717) is 23.6 Å². The monoisotopic (exact) mass is 345 g/mol. The van der Waals surface area contributed by atoms with Gasteiger partial charge in [0.05, 0.1) is 0 Å². The van der Waals surface area contributed by atoms with Crippen LogP contribution in [0, 0.1) is 0 Å². The molecule has 0 fully saturated rings. The summed E-state index contributed by atoms with van der Waals surface area (Å²) in [6, 6.07) is 10.6. The van der Waals surface area contributed by atoms with Crippen LogP contribution in [-0.4, -0.2) is 29.4 Å². The third-order valence-corrected chi connectivity index (χ3v) is 3.54. The molecule has 0 spiro atoms. The van der Waals surface area contributed by atoms with Crippen LogP contribution in [0.4, 0.5) is 0 Å². The van der Waals surface area contributed by atoms with Crippen LogP contribution in [0.25, 0.3) is 0 Å². The Balaban J connectivity index is 1.92. The van der Waals surface area contributed by atoms with Crippen LogP contribution in [0.3, 0.4) is 0 Å². The molecule has 0 aliphatic carbocycles. The lowest BCUT2D eigenvalue weighted by Gasteiger charge is -2.09. The van der Waals surface area contributed by atoms with Gasteiger partial charge in [0.25, 0.3) is 11.8 Å². The number of aromatic nitrogens is 1. The van der Waals surface area contributed by atoms with E-state index < -0.39 is 0 Å². The van der Waals surface area contributed by atoms with Gasteiger partial charge in [0.15, 0.2) is 0 Å². The van der Waals surface area contributed by atoms with Crippen LogP contribution in [0.1, 0.15) is 40.3 Å². The molecule has 0 saturated carbocycles. The summed E-state index contributed by atoms with van der Waals surface area (Å²) >= 11 is 5.84. The Labute approximate surface area is 146 Å². The number of benzene rings is 1. The van der Waals surface area contributed by atoms with E-state index in [9.17, 15) is 9.59 Å². The van der Waals surface area contributed by atoms with E-state index in [0.717, 1.165) is 5.56 Å². The molecule has 0 atom stereocenters. The zero-order valence-corrected chi connectivity index (χ0v) is 14.4. The lowest BCUT2D eigenvalue weighted by atomic mass is 10.1. The van der Waals surface area contributed by atoms with E-state index in [4.69, 9.17) is 11.6 Å². The number of hydrogen-bond donors (Lipinski definition) is 2. The Morgan fingerprint density at radius 2 is 1.83 bits per heavy atom. The van der Waals surface area contributed by atoms with Gasteiger partial charge in [-0.2, -0.15) is 0 Å². The van der Waals surface area contributed by atoms with Crippen molar-refractivity contribution in [2.45, 2.75) is 26.3 Å². The molecule has 0 radical (unpaired) electrons. The van der Waals surface area contributed by atoms with Crippen LogP contribution in [0.5, 0.6) is 0 Å². The minimum absolute atomic E-state index is 0.0103. The largest absolute Gasteiger partial charge is 0.352 e. The first kappa shape index (κ1) is 17.9. The fourth-order valence-corrected chi connectivity index (χ4v) is 2.23. The molecule has 1 aromatic carbocycles. The maximum atomic E-state index is 12.2. The molecule has 24 heavy (non-hydrogen) atoms. The van der Waals surface area contributed by atoms with Crippen molar-refractivity contribution in [3.63, 3.8) is 0 Å². The number of pyridine rings is 1. The quantitative estimate of drug-likeness (QED) is 0.845. The topological polar surface area (TPSA) is 71.1 Å². The molecular formula is C18H20ClN3O2. The van der Waals surface area contributed by atoms with Gasteiger partial charge in [-0.1, -0.05) is 23.7 Å². The maximum Gasteiger partial charge on any atom is 0.270 e. The zero-order chi connectivity index (χ0) is 17.5. The van der Waals surface area contributed by atoms with Gasteiger partial charge in [-0.3, -0.25) is 14.6 Å². The van der Waals surface area contributed by atoms with Gasteiger partial charge in [0, 0.05) is 29.4 Å². The smallest absolute Gasteiger partial charge is 0.270 e. The summed E-state index contributed by atoms with van der Waals surface area (Å²) in [6.07, 6.45) is 2.16. The SMILES string of the molecule is CC(C)NC(=O)c1cc(C(=O)NCCc2ccc(Cl)cc2)ccn1. The average Bonchev–Trinajstić information content (AvgIpc) is 2.56. The van der Waals surface area contributed by atoms with Crippen LogP contribution in [0.2, 0.25) is 5.02 Å². The van der Waals surface area contributed by atoms with Crippen molar-refractivity contribution in [2.24, 2.45) is 0 Å². The van der Waals surface area contributed by atoms with Gasteiger partial charge in [0.2, 0.25) is 0 Å². The molecule has 5 nitrogen and oxygen atoms in total. The van der Waals surface area contributed by atoms with Gasteiger partial charge >= 0.3 is 0 Å². The van der Waals surface area contributed by atoms with Crippen molar-refractivity contribution in [3.8, 4) is 0 Å². The standard InChI is InChI=1S/C18H20ClN3O2/c1-12(2)22-18(24)16-11-14(8-10-20-16)17(23)21-9-7-13-3-5-15(19)6-4-13/h3-6,8,10-12H,7,9H2,1-2H3,(H,21,23)(H,22,24). The number of carbonyl (C=O) groups is 2. The van der Waals surface area contributed by atoms with Crippen LogP contribution >= 0.6 is 11.6 Å². The first-order chi connectivity index (χ1) is 11.5. The first-order valence-electron chi connectivity index (χ1n) is 7.75. The Morgan fingerprint density at radius 1 is 1.12 bits per heavy atom. The summed E-state index contributed by atoms with van der Waals surface area (Å²) in [5.74, 6) is -0.522. The summed E-state index contributed by atoms with van der Waals surface area (Å²) in [5.41, 5.74) is 1.73. The third-order valence-electron chi connectivity index (χ3n) is 3.29. The number of nitrogens with one attached hydrogen (secondary N) is 2. The van der Waals surface area contributed by atoms with E-state index in [1.165, 1.54) is 12.3 Å². The zero-order valence-electron chi connectivity index (χ0n) is 13.7. The predicted octanol–water partition coefficient (Wildman–Crippen LogP) is 2.85. The molecule has 2 rings (SSSR count). The number of amides is 2.